The van der Waals surface area contributed by atoms with Crippen LogP contribution in [0.3, 0.4) is 0 Å². The van der Waals surface area contributed by atoms with Gasteiger partial charge in [-0.25, -0.2) is 0 Å². The van der Waals surface area contributed by atoms with Gasteiger partial charge in [-0.05, 0) is 35.4 Å². The van der Waals surface area contributed by atoms with Crippen LogP contribution in [0.15, 0.2) is 18.2 Å². The van der Waals surface area contributed by atoms with Gasteiger partial charge in [-0.2, -0.15) is 0 Å². The van der Waals surface area contributed by atoms with Gasteiger partial charge in [-0.1, -0.05) is 39.8 Å². The molecule has 23 heavy (non-hydrogen) atoms. The van der Waals surface area contributed by atoms with Crippen LogP contribution >= 0.6 is 0 Å². The first-order chi connectivity index (χ1) is 10.9. The lowest BCUT2D eigenvalue weighted by Crippen LogP contribution is -2.29. The second-order valence-electron chi connectivity index (χ2n) is 7.23. The van der Waals surface area contributed by atoms with Gasteiger partial charge in [0.15, 0.2) is 0 Å². The monoisotopic (exact) mass is 316 g/mol. The Bertz CT molecular complexity index is 579. The van der Waals surface area contributed by atoms with Crippen molar-refractivity contribution >= 4 is 17.5 Å². The molecule has 4 nitrogen and oxygen atoms in total. The number of anilines is 1. The minimum Gasteiger partial charge on any atom is -0.352 e. The number of nitrogens with one attached hydrogen (secondary N) is 1. The number of carbonyl (C=O) groups excluding carboxylic acids is 2. The lowest BCUT2D eigenvalue weighted by molar-refractivity contribution is -0.122. The summed E-state index contributed by atoms with van der Waals surface area (Å²) in [5.41, 5.74) is 3.34. The molecule has 0 spiro atoms. The summed E-state index contributed by atoms with van der Waals surface area (Å²) in [6.45, 7) is 9.54. The smallest absolute Gasteiger partial charge is 0.227 e. The summed E-state index contributed by atoms with van der Waals surface area (Å²) in [4.78, 5) is 25.9. The number of nitrogens with zero attached hydrogens (tertiary/aromatic N) is 1. The maximum Gasteiger partial charge on any atom is 0.227 e. The van der Waals surface area contributed by atoms with Gasteiger partial charge in [-0.15, -0.1) is 0 Å². The summed E-state index contributed by atoms with van der Waals surface area (Å²) >= 11 is 0. The minimum atomic E-state index is 0.0919. The molecule has 1 aliphatic rings. The fourth-order valence-electron chi connectivity index (χ4n) is 2.93. The molecule has 2 amide bonds. The molecule has 126 valence electrons. The van der Waals surface area contributed by atoms with E-state index >= 15 is 0 Å². The van der Waals surface area contributed by atoms with E-state index in [2.05, 4.69) is 25.2 Å². The van der Waals surface area contributed by atoms with Crippen molar-refractivity contribution in [1.29, 1.82) is 0 Å². The summed E-state index contributed by atoms with van der Waals surface area (Å²) in [7, 11) is 0. The zero-order chi connectivity index (χ0) is 17.0. The van der Waals surface area contributed by atoms with Crippen LogP contribution in [0.4, 0.5) is 5.69 Å². The molecule has 0 radical (unpaired) electrons. The Labute approximate surface area is 139 Å². The molecule has 1 aliphatic heterocycles. The number of hydrogen-bond donors (Lipinski definition) is 1. The van der Waals surface area contributed by atoms with Gasteiger partial charge in [0, 0.05) is 31.6 Å². The van der Waals surface area contributed by atoms with E-state index in [1.807, 2.05) is 30.9 Å². The number of amides is 2. The van der Waals surface area contributed by atoms with Crippen molar-refractivity contribution in [3.8, 4) is 0 Å². The van der Waals surface area contributed by atoms with E-state index in [0.717, 1.165) is 24.2 Å². The fraction of sp³-hybridized carbons (Fsp3) is 0.579. The molecule has 4 heteroatoms. The van der Waals surface area contributed by atoms with Crippen molar-refractivity contribution in [1.82, 2.24) is 5.32 Å². The fourth-order valence-corrected chi connectivity index (χ4v) is 2.93. The average molecular weight is 316 g/mol. The second-order valence-corrected chi connectivity index (χ2v) is 7.23. The van der Waals surface area contributed by atoms with Crippen LogP contribution in [-0.2, 0) is 22.6 Å². The Balaban J connectivity index is 1.98. The molecule has 0 saturated heterocycles. The van der Waals surface area contributed by atoms with Crippen molar-refractivity contribution in [2.24, 2.45) is 11.8 Å². The molecule has 0 fully saturated rings. The van der Waals surface area contributed by atoms with E-state index in [0.29, 0.717) is 31.2 Å². The summed E-state index contributed by atoms with van der Waals surface area (Å²) in [6.07, 6.45) is 2.04. The minimum absolute atomic E-state index is 0.0919. The summed E-state index contributed by atoms with van der Waals surface area (Å²) in [5, 5.41) is 2.96. The first-order valence-electron chi connectivity index (χ1n) is 8.55. The predicted octanol–water partition coefficient (Wildman–Crippen LogP) is 3.28. The van der Waals surface area contributed by atoms with Gasteiger partial charge in [0.05, 0.1) is 0 Å². The van der Waals surface area contributed by atoms with Gasteiger partial charge < -0.3 is 10.2 Å². The zero-order valence-corrected chi connectivity index (χ0v) is 14.7. The standard InChI is InChI=1S/C19H28N2O2/c1-13(2)9-18(22)20-12-15-5-6-17-16(11-15)7-8-21(17)19(23)10-14(3)4/h5-6,11,13-14H,7-10,12H2,1-4H3,(H,20,22). The van der Waals surface area contributed by atoms with E-state index in [-0.39, 0.29) is 11.8 Å². The van der Waals surface area contributed by atoms with Crippen LogP contribution in [0.2, 0.25) is 0 Å². The van der Waals surface area contributed by atoms with Crippen LogP contribution in [0.25, 0.3) is 0 Å². The van der Waals surface area contributed by atoms with Crippen LogP contribution < -0.4 is 10.2 Å². The largest absolute Gasteiger partial charge is 0.352 e. The van der Waals surface area contributed by atoms with Crippen molar-refractivity contribution < 1.29 is 9.59 Å². The predicted molar refractivity (Wildman–Crippen MR) is 93.3 cm³/mol. The lowest BCUT2D eigenvalue weighted by Gasteiger charge is -2.18. The molecule has 0 saturated carbocycles. The molecule has 0 unspecified atom stereocenters. The first kappa shape index (κ1) is 17.5. The Morgan fingerprint density at radius 3 is 2.48 bits per heavy atom. The lowest BCUT2D eigenvalue weighted by atomic mass is 10.1. The Kier molecular flexibility index (Phi) is 5.80. The van der Waals surface area contributed by atoms with E-state index in [1.54, 1.807) is 0 Å². The molecule has 0 aromatic heterocycles. The molecule has 0 aliphatic carbocycles. The molecule has 1 N–H and O–H groups in total. The van der Waals surface area contributed by atoms with Gasteiger partial charge in [0.2, 0.25) is 11.8 Å². The van der Waals surface area contributed by atoms with E-state index in [9.17, 15) is 9.59 Å². The molecule has 2 rings (SSSR count). The second kappa shape index (κ2) is 7.62. The summed E-state index contributed by atoms with van der Waals surface area (Å²) in [5.74, 6) is 1.04. The zero-order valence-electron chi connectivity index (χ0n) is 14.7. The topological polar surface area (TPSA) is 49.4 Å². The summed E-state index contributed by atoms with van der Waals surface area (Å²) in [6, 6.07) is 6.15. The van der Waals surface area contributed by atoms with Gasteiger partial charge in [0.25, 0.3) is 0 Å². The Morgan fingerprint density at radius 1 is 1.13 bits per heavy atom. The maximum atomic E-state index is 12.3. The average Bonchev–Trinajstić information content (AvgIpc) is 2.86. The highest BCUT2D eigenvalue weighted by atomic mass is 16.2. The third kappa shape index (κ3) is 4.81. The molecular formula is C19H28N2O2. The first-order valence-corrected chi connectivity index (χ1v) is 8.55. The molecular weight excluding hydrogens is 288 g/mol. The van der Waals surface area contributed by atoms with Gasteiger partial charge >= 0.3 is 0 Å². The normalized spacial score (nSPS) is 13.6. The molecule has 1 heterocycles. The number of hydrogen-bond acceptors (Lipinski definition) is 2. The maximum absolute atomic E-state index is 12.3. The van der Waals surface area contributed by atoms with Crippen molar-refractivity contribution in [3.63, 3.8) is 0 Å². The highest BCUT2D eigenvalue weighted by Gasteiger charge is 2.25. The molecule has 1 aromatic rings. The van der Waals surface area contributed by atoms with Crippen molar-refractivity contribution in [3.05, 3.63) is 29.3 Å². The quantitative estimate of drug-likeness (QED) is 0.875. The van der Waals surface area contributed by atoms with E-state index in [1.165, 1.54) is 5.56 Å². The highest BCUT2D eigenvalue weighted by Crippen LogP contribution is 2.30. The third-order valence-corrected chi connectivity index (χ3v) is 4.01. The molecule has 1 aromatic carbocycles. The number of fused-ring (bicyclic) bond motifs is 1. The van der Waals surface area contributed by atoms with Crippen LogP contribution in [0, 0.1) is 11.8 Å². The Hall–Kier alpha value is -1.84. The van der Waals surface area contributed by atoms with Gasteiger partial charge in [0.1, 0.15) is 0 Å². The number of carbonyl (C=O) groups is 2. The van der Waals surface area contributed by atoms with E-state index < -0.39 is 0 Å². The van der Waals surface area contributed by atoms with E-state index in [4.69, 9.17) is 0 Å². The van der Waals surface area contributed by atoms with Crippen LogP contribution in [-0.4, -0.2) is 18.4 Å². The van der Waals surface area contributed by atoms with Gasteiger partial charge in [-0.3, -0.25) is 9.59 Å². The summed E-state index contributed by atoms with van der Waals surface area (Å²) < 4.78 is 0. The number of rotatable bonds is 6. The molecule has 0 bridgehead atoms. The number of benzene rings is 1. The Morgan fingerprint density at radius 2 is 1.83 bits per heavy atom. The molecule has 0 atom stereocenters. The SMILES string of the molecule is CC(C)CC(=O)NCc1ccc2c(c1)CCN2C(=O)CC(C)C. The highest BCUT2D eigenvalue weighted by molar-refractivity contribution is 5.95. The third-order valence-electron chi connectivity index (χ3n) is 4.01. The van der Waals surface area contributed by atoms with Crippen LogP contribution in [0.5, 0.6) is 0 Å². The van der Waals surface area contributed by atoms with Crippen LogP contribution in [0.1, 0.15) is 51.7 Å². The van der Waals surface area contributed by atoms with Crippen molar-refractivity contribution in [2.75, 3.05) is 11.4 Å². The van der Waals surface area contributed by atoms with Crippen molar-refractivity contribution in [2.45, 2.75) is 53.5 Å².